The normalized spacial score (nSPS) is 33.7. The molecule has 2 aromatic rings. The number of benzene rings is 2. The Balaban J connectivity index is 1.34. The van der Waals surface area contributed by atoms with Crippen molar-refractivity contribution in [1.82, 2.24) is 0 Å². The lowest BCUT2D eigenvalue weighted by molar-refractivity contribution is -0.335. The van der Waals surface area contributed by atoms with E-state index in [1.54, 1.807) is 0 Å². The molecule has 0 unspecified atom stereocenters. The summed E-state index contributed by atoms with van der Waals surface area (Å²) in [6.07, 6.45) is 2.36. The van der Waals surface area contributed by atoms with Gasteiger partial charge in [0.05, 0.1) is 13.2 Å². The van der Waals surface area contributed by atoms with Gasteiger partial charge in [0.1, 0.15) is 24.9 Å². The lowest BCUT2D eigenvalue weighted by atomic mass is 9.97. The van der Waals surface area contributed by atoms with Crippen LogP contribution in [-0.2, 0) is 35.0 Å². The molecule has 2 aromatic carbocycles. The molecule has 0 N–H and O–H groups in total. The number of hydrogen-bond acceptors (Lipinski definition) is 6. The first-order valence-electron chi connectivity index (χ1n) is 11.1. The molecular formula is C26H30O6. The summed E-state index contributed by atoms with van der Waals surface area (Å²) in [5.41, 5.74) is 3.37. The maximum atomic E-state index is 6.41. The molecule has 0 radical (unpaired) electrons. The van der Waals surface area contributed by atoms with E-state index < -0.39 is 24.0 Å². The van der Waals surface area contributed by atoms with Gasteiger partial charge >= 0.3 is 0 Å². The second kappa shape index (κ2) is 8.71. The summed E-state index contributed by atoms with van der Waals surface area (Å²) in [5, 5.41) is 0. The molecule has 6 nitrogen and oxygen atoms in total. The van der Waals surface area contributed by atoms with Crippen molar-refractivity contribution in [2.75, 3.05) is 13.2 Å². The van der Waals surface area contributed by atoms with Gasteiger partial charge in [-0.05, 0) is 38.0 Å². The Morgan fingerprint density at radius 1 is 1.00 bits per heavy atom. The lowest BCUT2D eigenvalue weighted by Crippen LogP contribution is -2.62. The zero-order valence-corrected chi connectivity index (χ0v) is 18.7. The van der Waals surface area contributed by atoms with Crippen LogP contribution in [-0.4, -0.2) is 49.4 Å². The predicted octanol–water partition coefficient (Wildman–Crippen LogP) is 4.21. The second-order valence-corrected chi connectivity index (χ2v) is 9.04. The topological polar surface area (TPSA) is 55.4 Å². The highest BCUT2D eigenvalue weighted by atomic mass is 16.9. The van der Waals surface area contributed by atoms with Crippen LogP contribution in [0.5, 0.6) is 0 Å². The monoisotopic (exact) mass is 438 g/mol. The average molecular weight is 439 g/mol. The first-order valence-corrected chi connectivity index (χ1v) is 11.1. The largest absolute Gasteiger partial charge is 0.365 e. The smallest absolute Gasteiger partial charge is 0.224 e. The van der Waals surface area contributed by atoms with Crippen LogP contribution in [0.1, 0.15) is 30.5 Å². The van der Waals surface area contributed by atoms with E-state index in [0.29, 0.717) is 13.2 Å². The molecule has 3 fully saturated rings. The fourth-order valence-electron chi connectivity index (χ4n) is 4.38. The third kappa shape index (κ3) is 4.53. The summed E-state index contributed by atoms with van der Waals surface area (Å²) in [6.45, 7) is 6.87. The Morgan fingerprint density at radius 3 is 2.50 bits per heavy atom. The lowest BCUT2D eigenvalue weighted by Gasteiger charge is -2.43. The third-order valence-corrected chi connectivity index (χ3v) is 6.03. The van der Waals surface area contributed by atoms with Crippen molar-refractivity contribution in [3.8, 4) is 0 Å². The van der Waals surface area contributed by atoms with E-state index in [1.165, 1.54) is 5.56 Å². The molecule has 5 rings (SSSR count). The van der Waals surface area contributed by atoms with E-state index in [2.05, 4.69) is 31.2 Å². The van der Waals surface area contributed by atoms with Crippen LogP contribution < -0.4 is 0 Å². The van der Waals surface area contributed by atoms with Crippen LogP contribution in [0.25, 0.3) is 6.08 Å². The highest BCUT2D eigenvalue weighted by Gasteiger charge is 2.62. The maximum absolute atomic E-state index is 6.41. The molecule has 0 amide bonds. The van der Waals surface area contributed by atoms with Gasteiger partial charge in [-0.3, -0.25) is 0 Å². The Bertz CT molecular complexity index is 941. The van der Waals surface area contributed by atoms with E-state index in [1.807, 2.05) is 56.3 Å². The highest BCUT2D eigenvalue weighted by molar-refractivity contribution is 5.49. The molecule has 0 bridgehead atoms. The van der Waals surface area contributed by atoms with Crippen molar-refractivity contribution in [1.29, 1.82) is 0 Å². The maximum Gasteiger partial charge on any atom is 0.224 e. The van der Waals surface area contributed by atoms with Gasteiger partial charge in [-0.1, -0.05) is 66.2 Å². The first kappa shape index (κ1) is 21.8. The van der Waals surface area contributed by atoms with E-state index >= 15 is 0 Å². The highest BCUT2D eigenvalue weighted by Crippen LogP contribution is 2.43. The fourth-order valence-corrected chi connectivity index (χ4v) is 4.38. The number of fused-ring (bicyclic) bond motifs is 1. The molecule has 170 valence electrons. The fraction of sp³-hybridized carbons (Fsp3) is 0.462. The Hall–Kier alpha value is -2.06. The molecule has 5 atom stereocenters. The molecule has 1 spiro atoms. The number of aryl methyl sites for hydroxylation is 1. The van der Waals surface area contributed by atoms with Gasteiger partial charge in [-0.15, -0.1) is 0 Å². The van der Waals surface area contributed by atoms with Crippen molar-refractivity contribution in [3.05, 3.63) is 77.4 Å². The summed E-state index contributed by atoms with van der Waals surface area (Å²) in [5.74, 6) is -1.79. The Labute approximate surface area is 189 Å². The molecule has 32 heavy (non-hydrogen) atoms. The minimum atomic E-state index is -1.03. The van der Waals surface area contributed by atoms with Gasteiger partial charge in [0.25, 0.3) is 0 Å². The summed E-state index contributed by atoms with van der Waals surface area (Å²) in [6, 6.07) is 18.4. The zero-order chi connectivity index (χ0) is 22.2. The van der Waals surface area contributed by atoms with Crippen molar-refractivity contribution >= 4 is 6.08 Å². The quantitative estimate of drug-likeness (QED) is 0.697. The van der Waals surface area contributed by atoms with Gasteiger partial charge < -0.3 is 28.4 Å². The first-order chi connectivity index (χ1) is 15.4. The predicted molar refractivity (Wildman–Crippen MR) is 119 cm³/mol. The van der Waals surface area contributed by atoms with Gasteiger partial charge in [0.15, 0.2) is 12.1 Å². The SMILES string of the molecule is Cc1ccc(CO[C@H]2[C@@H]3O[C@@H](/C=C/c4ccccc4)O[C@@H]3CO[C@]23COC(C)(C)O3)cc1. The van der Waals surface area contributed by atoms with Crippen molar-refractivity contribution in [3.63, 3.8) is 0 Å². The minimum Gasteiger partial charge on any atom is -0.365 e. The van der Waals surface area contributed by atoms with E-state index in [-0.39, 0.29) is 18.8 Å². The zero-order valence-electron chi connectivity index (χ0n) is 18.7. The summed E-state index contributed by atoms with van der Waals surface area (Å²) >= 11 is 0. The van der Waals surface area contributed by atoms with E-state index in [9.17, 15) is 0 Å². The van der Waals surface area contributed by atoms with Gasteiger partial charge in [-0.25, -0.2) is 0 Å². The van der Waals surface area contributed by atoms with Gasteiger partial charge in [-0.2, -0.15) is 0 Å². The van der Waals surface area contributed by atoms with Crippen LogP contribution in [0.15, 0.2) is 60.7 Å². The van der Waals surface area contributed by atoms with Crippen LogP contribution >= 0.6 is 0 Å². The van der Waals surface area contributed by atoms with Crippen molar-refractivity contribution < 1.29 is 28.4 Å². The summed E-state index contributed by atoms with van der Waals surface area (Å²) in [4.78, 5) is 0. The van der Waals surface area contributed by atoms with Crippen LogP contribution in [0.4, 0.5) is 0 Å². The van der Waals surface area contributed by atoms with Crippen LogP contribution in [0.2, 0.25) is 0 Å². The van der Waals surface area contributed by atoms with Crippen molar-refractivity contribution in [2.24, 2.45) is 0 Å². The number of rotatable bonds is 5. The van der Waals surface area contributed by atoms with Gasteiger partial charge in [0.2, 0.25) is 5.79 Å². The summed E-state index contributed by atoms with van der Waals surface area (Å²) < 4.78 is 37.2. The molecule has 3 aliphatic heterocycles. The van der Waals surface area contributed by atoms with Gasteiger partial charge in [0, 0.05) is 0 Å². The third-order valence-electron chi connectivity index (χ3n) is 6.03. The van der Waals surface area contributed by atoms with E-state index in [4.69, 9.17) is 28.4 Å². The molecular weight excluding hydrogens is 408 g/mol. The van der Waals surface area contributed by atoms with E-state index in [0.717, 1.165) is 11.1 Å². The molecule has 0 aromatic heterocycles. The minimum absolute atomic E-state index is 0.249. The number of hydrogen-bond donors (Lipinski definition) is 0. The molecule has 0 aliphatic carbocycles. The molecule has 3 saturated heterocycles. The standard InChI is InChI=1S/C26H30O6/c1-18-9-11-20(12-10-18)15-27-24-23-21(16-28-26(24)17-29-25(2,3)32-26)30-22(31-23)14-13-19-7-5-4-6-8-19/h4-14,21-24H,15-17H2,1-3H3/b14-13+/t21-,22+,23-,24+,26+/m1/s1. The molecule has 0 saturated carbocycles. The number of ether oxygens (including phenoxy) is 6. The summed E-state index contributed by atoms with van der Waals surface area (Å²) in [7, 11) is 0. The average Bonchev–Trinajstić information content (AvgIpc) is 3.34. The Kier molecular flexibility index (Phi) is 5.92. The Morgan fingerprint density at radius 2 is 1.78 bits per heavy atom. The molecule has 3 heterocycles. The second-order valence-electron chi connectivity index (χ2n) is 9.04. The molecule has 3 aliphatic rings. The molecule has 6 heteroatoms. The van der Waals surface area contributed by atoms with Crippen LogP contribution in [0.3, 0.4) is 0 Å². The van der Waals surface area contributed by atoms with Crippen molar-refractivity contribution in [2.45, 2.75) is 63.6 Å². The van der Waals surface area contributed by atoms with Crippen LogP contribution in [0, 0.1) is 6.92 Å².